The van der Waals surface area contributed by atoms with Crippen LogP contribution in [0.25, 0.3) is 102 Å². The van der Waals surface area contributed by atoms with Crippen molar-refractivity contribution >= 4 is 63.8 Å². The van der Waals surface area contributed by atoms with Gasteiger partial charge in [0, 0.05) is 0 Å². The van der Waals surface area contributed by atoms with E-state index in [1.807, 2.05) is 24.3 Å². The number of rotatable bonds is 4. The first kappa shape index (κ1) is 39.7. The molecule has 0 N–H and O–H groups in total. The molecule has 0 amide bonds. The summed E-state index contributed by atoms with van der Waals surface area (Å²) in [7, 11) is 0. The molecule has 3 aliphatic rings. The van der Waals surface area contributed by atoms with Gasteiger partial charge in [0.05, 0.1) is 22.8 Å². The van der Waals surface area contributed by atoms with Crippen molar-refractivity contribution in [1.29, 1.82) is 0 Å². The van der Waals surface area contributed by atoms with E-state index in [1.165, 1.54) is 5.16 Å². The van der Waals surface area contributed by atoms with Crippen molar-refractivity contribution in [3.8, 4) is 44.5 Å². The van der Waals surface area contributed by atoms with Gasteiger partial charge >= 0.3 is 17.1 Å². The van der Waals surface area contributed by atoms with E-state index in [9.17, 15) is 0 Å². The van der Waals surface area contributed by atoms with Crippen molar-refractivity contribution in [1.82, 2.24) is 19.9 Å². The minimum absolute atomic E-state index is 0. The maximum Gasteiger partial charge on any atom is 4.00 e. The maximum absolute atomic E-state index is 7.13. The third-order valence-electron chi connectivity index (χ3n) is 9.71. The summed E-state index contributed by atoms with van der Waals surface area (Å²) in [5, 5.41) is 12.6. The molecule has 4 aromatic carbocycles. The molecule has 0 saturated carbocycles. The second-order valence-corrected chi connectivity index (χ2v) is 13.5. The van der Waals surface area contributed by atoms with Gasteiger partial charge in [-0.2, -0.15) is 5.16 Å². The van der Waals surface area contributed by atoms with E-state index < -0.39 is 0 Å². The van der Waals surface area contributed by atoms with Gasteiger partial charge in [-0.25, -0.2) is 9.97 Å². The Morgan fingerprint density at radius 2 is 0.741 bits per heavy atom. The predicted octanol–water partition coefficient (Wildman–Crippen LogP) is 12.6. The van der Waals surface area contributed by atoms with Crippen LogP contribution in [0.15, 0.2) is 158 Å². The Labute approximate surface area is 354 Å². The van der Waals surface area contributed by atoms with Crippen molar-refractivity contribution in [3.63, 3.8) is 0 Å². The molecule has 0 spiro atoms. The molecular formula is C50H36FeN6S. The van der Waals surface area contributed by atoms with E-state index in [1.54, 1.807) is 0 Å². The van der Waals surface area contributed by atoms with Crippen LogP contribution >= 0.6 is 12.2 Å². The van der Waals surface area contributed by atoms with Crippen molar-refractivity contribution in [2.24, 2.45) is 0 Å². The third-order valence-corrected chi connectivity index (χ3v) is 9.71. The zero-order valence-corrected chi connectivity index (χ0v) is 33.3. The molecule has 3 aliphatic heterocycles. The van der Waals surface area contributed by atoms with Crippen LogP contribution in [-0.4, -0.2) is 28.2 Å². The molecule has 10 rings (SSSR count). The van der Waals surface area contributed by atoms with E-state index in [-0.39, 0.29) is 17.1 Å². The van der Waals surface area contributed by atoms with E-state index in [2.05, 4.69) is 175 Å². The molecule has 0 radical (unpaired) electrons. The van der Waals surface area contributed by atoms with Gasteiger partial charge in [-0.3, -0.25) is 0 Å². The largest absolute Gasteiger partial charge is 4.00 e. The average Bonchev–Trinajstić information content (AvgIpc) is 4.12. The zero-order chi connectivity index (χ0) is 38.8. The number of thiocarbonyl (C=S) groups is 1. The summed E-state index contributed by atoms with van der Waals surface area (Å²) in [5.74, 6) is 0. The minimum Gasteiger partial charge on any atom is -0.753 e. The molecule has 0 aliphatic carbocycles. The van der Waals surface area contributed by atoms with Gasteiger partial charge in [-0.1, -0.05) is 170 Å². The molecule has 8 heteroatoms. The van der Waals surface area contributed by atoms with Crippen molar-refractivity contribution < 1.29 is 17.1 Å². The number of hydrogen-bond acceptors (Lipinski definition) is 3. The fraction of sp³-hybridized carbons (Fsp3) is 0.0600. The summed E-state index contributed by atoms with van der Waals surface area (Å²) >= 11 is 3.70. The van der Waals surface area contributed by atoms with Gasteiger partial charge in [0.25, 0.3) is 0 Å². The van der Waals surface area contributed by atoms with Crippen molar-refractivity contribution in [2.75, 3.05) is 13.1 Å². The second-order valence-electron chi connectivity index (χ2n) is 13.3. The van der Waals surface area contributed by atoms with E-state index in [0.29, 0.717) is 0 Å². The molecular weight excluding hydrogens is 773 g/mol. The Morgan fingerprint density at radius 1 is 0.448 bits per heavy atom. The number of hydrogen-bond donors (Lipinski definition) is 0. The van der Waals surface area contributed by atoms with Gasteiger partial charge in [0.1, 0.15) is 0 Å². The number of nitrogens with zero attached hydrogens (tertiary/aromatic N) is 6. The summed E-state index contributed by atoms with van der Waals surface area (Å²) < 4.78 is 0. The molecule has 0 saturated heterocycles. The molecule has 8 bridgehead atoms. The minimum atomic E-state index is 0. The van der Waals surface area contributed by atoms with Crippen LogP contribution in [0.2, 0.25) is 0 Å². The Hall–Kier alpha value is -6.50. The van der Waals surface area contributed by atoms with Gasteiger partial charge in [0.2, 0.25) is 0 Å². The molecule has 3 aromatic heterocycles. The molecule has 0 unspecified atom stereocenters. The van der Waals surface area contributed by atoms with E-state index in [4.69, 9.17) is 25.3 Å². The summed E-state index contributed by atoms with van der Waals surface area (Å²) in [4.78, 5) is 21.2. The second kappa shape index (κ2) is 19.1. The molecule has 0 atom stereocenters. The standard InChI is InChI=1S/C44H28N4.C5H8N.CNS.Fe/c1-5-13-29(14-6-1)41-33-21-23-35(45-33)42(30-15-7-2-8-16-30)37-25-27-39(47-37)44(32-19-11-4-12-20-32)40-28-26-38(48-40)43(31-17-9-3-10-18-31)36-24-22-34(41)46-36;1-2-4-6-5-3-1;2-1-3;/h1-28H;1-2H,3-5H2;;/q-2;2*-1;+4. The molecule has 7 aromatic rings. The summed E-state index contributed by atoms with van der Waals surface area (Å²) in [6.07, 6.45) is 13.8. The summed E-state index contributed by atoms with van der Waals surface area (Å²) in [5.41, 5.74) is 15.0. The van der Waals surface area contributed by atoms with Crippen LogP contribution in [0.3, 0.4) is 0 Å². The Morgan fingerprint density at radius 3 is 0.948 bits per heavy atom. The van der Waals surface area contributed by atoms with Crippen LogP contribution in [0, 0.1) is 0 Å². The maximum atomic E-state index is 7.13. The number of benzene rings is 4. The first-order valence-electron chi connectivity index (χ1n) is 18.8. The normalized spacial score (nSPS) is 12.3. The molecule has 6 nitrogen and oxygen atoms in total. The summed E-state index contributed by atoms with van der Waals surface area (Å²) in [6, 6.07) is 50.0. The number of fused-ring (bicyclic) bond motifs is 8. The molecule has 0 fully saturated rings. The van der Waals surface area contributed by atoms with E-state index in [0.717, 1.165) is 109 Å². The third kappa shape index (κ3) is 8.73. The SMILES string of the molecule is C1=CC[N-]CC1.C1=Cc2nc1c(-c1ccccc1)c1ccc([n-]1)c(-c1ccccc1)c1nc(c(-c3ccccc3)c3ccc([n-]3)c2-c2ccccc2)C=C1.[Fe+4].[N-]=C=S. The van der Waals surface area contributed by atoms with Gasteiger partial charge in [0.15, 0.2) is 0 Å². The van der Waals surface area contributed by atoms with Crippen LogP contribution in [0.1, 0.15) is 29.2 Å². The Kier molecular flexibility index (Phi) is 13.1. The monoisotopic (exact) mass is 808 g/mol. The summed E-state index contributed by atoms with van der Waals surface area (Å²) in [6.45, 7) is 1.98. The quantitative estimate of drug-likeness (QED) is 0.0764. The topological polar surface area (TPSA) is 90.4 Å². The van der Waals surface area contributed by atoms with Crippen LogP contribution in [0.4, 0.5) is 0 Å². The van der Waals surface area contributed by atoms with Crippen LogP contribution in [0.5, 0.6) is 0 Å². The first-order valence-corrected chi connectivity index (χ1v) is 19.2. The number of isothiocyanates is 1. The van der Waals surface area contributed by atoms with Crippen molar-refractivity contribution in [3.05, 3.63) is 191 Å². The van der Waals surface area contributed by atoms with Gasteiger partial charge in [-0.15, -0.1) is 41.2 Å². The average molecular weight is 809 g/mol. The first-order chi connectivity index (χ1) is 28.2. The van der Waals surface area contributed by atoms with Crippen LogP contribution < -0.4 is 9.97 Å². The van der Waals surface area contributed by atoms with Gasteiger partial charge < -0.3 is 20.7 Å². The zero-order valence-electron chi connectivity index (χ0n) is 31.4. The van der Waals surface area contributed by atoms with Gasteiger partial charge in [-0.05, 0) is 68.8 Å². The fourth-order valence-electron chi connectivity index (χ4n) is 7.21. The van der Waals surface area contributed by atoms with E-state index >= 15 is 0 Å². The fourth-order valence-corrected chi connectivity index (χ4v) is 7.21. The Bertz CT molecular complexity index is 2440. The van der Waals surface area contributed by atoms with Crippen LogP contribution in [-0.2, 0) is 17.1 Å². The molecule has 58 heavy (non-hydrogen) atoms. The predicted molar refractivity (Wildman–Crippen MR) is 241 cm³/mol. The molecule has 6 heterocycles. The van der Waals surface area contributed by atoms with Crippen molar-refractivity contribution in [2.45, 2.75) is 6.42 Å². The number of aromatic nitrogens is 4. The Balaban J connectivity index is 0.000000460. The smallest absolute Gasteiger partial charge is 0.753 e. The molecule has 280 valence electrons.